The molecule has 186 valence electrons. The van der Waals surface area contributed by atoms with Gasteiger partial charge in [-0.15, -0.1) is 0 Å². The monoisotopic (exact) mass is 492 g/mol. The Balaban J connectivity index is 1.41. The van der Waals surface area contributed by atoms with Crippen LogP contribution in [0.1, 0.15) is 41.3 Å². The van der Waals surface area contributed by atoms with E-state index in [4.69, 9.17) is 0 Å². The maximum absolute atomic E-state index is 13.6. The van der Waals surface area contributed by atoms with Crippen LogP contribution in [0.15, 0.2) is 48.7 Å². The second-order valence-electron chi connectivity index (χ2n) is 9.85. The summed E-state index contributed by atoms with van der Waals surface area (Å²) in [6.07, 6.45) is 5.71. The Kier molecular flexibility index (Phi) is 7.37. The first kappa shape index (κ1) is 24.2. The lowest BCUT2D eigenvalue weighted by Gasteiger charge is -2.25. The molecule has 1 fully saturated rings. The van der Waals surface area contributed by atoms with Gasteiger partial charge >= 0.3 is 0 Å². The number of hydrogen-bond acceptors (Lipinski definition) is 5. The Morgan fingerprint density at radius 2 is 2.03 bits per heavy atom. The van der Waals surface area contributed by atoms with E-state index in [1.807, 2.05) is 42.5 Å². The highest BCUT2D eigenvalue weighted by Crippen LogP contribution is 2.38. The average Bonchev–Trinajstić information content (AvgIpc) is 3.65. The second-order valence-corrected chi connectivity index (χ2v) is 11.1. The molecule has 3 N–H and O–H groups in total. The zero-order chi connectivity index (χ0) is 24.4. The van der Waals surface area contributed by atoms with Crippen LogP contribution in [0.2, 0.25) is 0 Å². The van der Waals surface area contributed by atoms with E-state index in [1.165, 1.54) is 23.8 Å². The van der Waals surface area contributed by atoms with Gasteiger partial charge in [0.25, 0.3) is 5.91 Å². The first-order valence-electron chi connectivity index (χ1n) is 12.8. The van der Waals surface area contributed by atoms with Crippen LogP contribution in [0.5, 0.6) is 0 Å². The lowest BCUT2D eigenvalue weighted by molar-refractivity contribution is 0.0830. The maximum Gasteiger partial charge on any atom is 0.251 e. The maximum atomic E-state index is 13.6. The van der Waals surface area contributed by atoms with E-state index in [0.29, 0.717) is 18.5 Å². The van der Waals surface area contributed by atoms with Crippen LogP contribution in [-0.4, -0.2) is 53.6 Å². The van der Waals surface area contributed by atoms with E-state index in [9.17, 15) is 9.90 Å². The number of amides is 1. The number of nitrogens with one attached hydrogen (secondary N) is 2. The van der Waals surface area contributed by atoms with Crippen LogP contribution in [0, 0.1) is 5.92 Å². The summed E-state index contributed by atoms with van der Waals surface area (Å²) in [5.41, 5.74) is 5.27. The standard InChI is InChI=1S/C28H36N4O2S/c1-3-32-18-21-11-12-35-31(2)24-14-22(15-25(32)27(21)24)28(34)30-23(13-19-7-5-4-6-8-19)26(33)17-29-16-20-9-10-20/h4-8,14-15,18,20,23,26,29,33H,3,9-13,16-17H2,1-2H3,(H,30,34)/t23-,26+/m0/s1. The molecule has 0 spiro atoms. The van der Waals surface area contributed by atoms with E-state index in [2.05, 4.69) is 39.7 Å². The Morgan fingerprint density at radius 1 is 1.23 bits per heavy atom. The molecule has 2 atom stereocenters. The fourth-order valence-corrected chi connectivity index (χ4v) is 5.85. The number of aliphatic hydroxyl groups is 1. The predicted octanol–water partition coefficient (Wildman–Crippen LogP) is 4.00. The lowest BCUT2D eigenvalue weighted by Crippen LogP contribution is -2.49. The summed E-state index contributed by atoms with van der Waals surface area (Å²) < 4.78 is 4.43. The molecule has 6 nitrogen and oxygen atoms in total. The smallest absolute Gasteiger partial charge is 0.251 e. The van der Waals surface area contributed by atoms with Crippen molar-refractivity contribution >= 4 is 34.4 Å². The Labute approximate surface area is 212 Å². The van der Waals surface area contributed by atoms with E-state index < -0.39 is 6.10 Å². The molecule has 0 saturated heterocycles. The number of rotatable bonds is 10. The van der Waals surface area contributed by atoms with Gasteiger partial charge in [-0.1, -0.05) is 30.3 Å². The van der Waals surface area contributed by atoms with Crippen molar-refractivity contribution in [1.29, 1.82) is 0 Å². The highest BCUT2D eigenvalue weighted by atomic mass is 32.2. The molecule has 1 aliphatic heterocycles. The summed E-state index contributed by atoms with van der Waals surface area (Å²) in [6.45, 7) is 4.41. The SMILES string of the molecule is CCn1cc2c3c(cc(C(=O)N[C@@H](Cc4ccccc4)[C@H](O)CNCC4CC4)cc31)N(C)SCC2. The number of nitrogens with zero attached hydrogens (tertiary/aromatic N) is 2. The van der Waals surface area contributed by atoms with Gasteiger partial charge in [0, 0.05) is 43.0 Å². The summed E-state index contributed by atoms with van der Waals surface area (Å²) in [4.78, 5) is 13.6. The van der Waals surface area contributed by atoms with Gasteiger partial charge in [-0.2, -0.15) is 0 Å². The van der Waals surface area contributed by atoms with Crippen molar-refractivity contribution in [3.8, 4) is 0 Å². The van der Waals surface area contributed by atoms with Gasteiger partial charge in [0.15, 0.2) is 0 Å². The van der Waals surface area contributed by atoms with Crippen molar-refractivity contribution < 1.29 is 9.90 Å². The predicted molar refractivity (Wildman–Crippen MR) is 145 cm³/mol. The number of aromatic nitrogens is 1. The number of anilines is 1. The third kappa shape index (κ3) is 5.52. The first-order chi connectivity index (χ1) is 17.0. The van der Waals surface area contributed by atoms with Crippen LogP contribution >= 0.6 is 11.9 Å². The van der Waals surface area contributed by atoms with Gasteiger partial charge < -0.3 is 24.6 Å². The van der Waals surface area contributed by atoms with Crippen molar-refractivity contribution in [3.63, 3.8) is 0 Å². The fourth-order valence-electron chi connectivity index (χ4n) is 4.98. The molecule has 7 heteroatoms. The molecule has 0 bridgehead atoms. The van der Waals surface area contributed by atoms with Gasteiger partial charge in [0.2, 0.25) is 0 Å². The molecular formula is C28H36N4O2S. The van der Waals surface area contributed by atoms with Gasteiger partial charge in [-0.25, -0.2) is 0 Å². The molecular weight excluding hydrogens is 456 g/mol. The summed E-state index contributed by atoms with van der Waals surface area (Å²) in [6, 6.07) is 13.7. The molecule has 1 aromatic heterocycles. The summed E-state index contributed by atoms with van der Waals surface area (Å²) in [5, 5.41) is 18.9. The van der Waals surface area contributed by atoms with Gasteiger partial charge in [-0.05, 0) is 80.3 Å². The van der Waals surface area contributed by atoms with Crippen LogP contribution in [0.3, 0.4) is 0 Å². The van der Waals surface area contributed by atoms with Crippen LogP contribution < -0.4 is 14.9 Å². The Morgan fingerprint density at radius 3 is 2.77 bits per heavy atom. The zero-order valence-electron chi connectivity index (χ0n) is 20.7. The molecule has 1 aliphatic carbocycles. The Bertz CT molecular complexity index is 1170. The molecule has 35 heavy (non-hydrogen) atoms. The molecule has 3 aromatic rings. The lowest BCUT2D eigenvalue weighted by atomic mass is 10.00. The third-order valence-electron chi connectivity index (χ3n) is 7.20. The number of carbonyl (C=O) groups excluding carboxylic acids is 1. The first-order valence-corrected chi connectivity index (χ1v) is 13.7. The van der Waals surface area contributed by atoms with Gasteiger partial charge in [-0.3, -0.25) is 4.79 Å². The largest absolute Gasteiger partial charge is 0.390 e. The number of benzene rings is 2. The van der Waals surface area contributed by atoms with Crippen molar-refractivity contribution in [2.45, 2.75) is 51.3 Å². The quantitative estimate of drug-likeness (QED) is 0.373. The van der Waals surface area contributed by atoms with Crippen molar-refractivity contribution in [2.24, 2.45) is 5.92 Å². The topological polar surface area (TPSA) is 69.5 Å². The highest BCUT2D eigenvalue weighted by molar-refractivity contribution is 8.00. The van der Waals surface area contributed by atoms with E-state index in [-0.39, 0.29) is 11.9 Å². The molecule has 1 saturated carbocycles. The molecule has 1 amide bonds. The van der Waals surface area contributed by atoms with E-state index >= 15 is 0 Å². The van der Waals surface area contributed by atoms with E-state index in [1.54, 1.807) is 11.9 Å². The van der Waals surface area contributed by atoms with Crippen molar-refractivity contribution in [1.82, 2.24) is 15.2 Å². The highest BCUT2D eigenvalue weighted by Gasteiger charge is 2.26. The molecule has 2 aromatic carbocycles. The minimum absolute atomic E-state index is 0.140. The van der Waals surface area contributed by atoms with Crippen LogP contribution in [0.25, 0.3) is 10.9 Å². The summed E-state index contributed by atoms with van der Waals surface area (Å²) in [5.74, 6) is 1.62. The minimum atomic E-state index is -0.674. The average molecular weight is 493 g/mol. The normalized spacial score (nSPS) is 17.3. The van der Waals surface area contributed by atoms with E-state index in [0.717, 1.165) is 47.9 Å². The Hall–Kier alpha value is -2.48. The summed E-state index contributed by atoms with van der Waals surface area (Å²) >= 11 is 1.79. The fraction of sp³-hybridized carbons (Fsp3) is 0.464. The summed E-state index contributed by atoms with van der Waals surface area (Å²) in [7, 11) is 2.08. The van der Waals surface area contributed by atoms with Crippen molar-refractivity contribution in [3.05, 3.63) is 65.4 Å². The van der Waals surface area contributed by atoms with Gasteiger partial charge in [0.1, 0.15) is 0 Å². The zero-order valence-corrected chi connectivity index (χ0v) is 21.5. The van der Waals surface area contributed by atoms with Gasteiger partial charge in [0.05, 0.1) is 23.3 Å². The second kappa shape index (κ2) is 10.6. The molecule has 2 aliphatic rings. The third-order valence-corrected chi connectivity index (χ3v) is 8.17. The van der Waals surface area contributed by atoms with Crippen LogP contribution in [-0.2, 0) is 19.4 Å². The number of hydrogen-bond donors (Lipinski definition) is 3. The molecule has 2 heterocycles. The molecule has 0 radical (unpaired) electrons. The number of carbonyl (C=O) groups is 1. The molecule has 5 rings (SSSR count). The van der Waals surface area contributed by atoms with Crippen molar-refractivity contribution in [2.75, 3.05) is 30.2 Å². The number of aryl methyl sites for hydroxylation is 2. The molecule has 0 unspecified atom stereocenters. The van der Waals surface area contributed by atoms with Crippen LogP contribution in [0.4, 0.5) is 5.69 Å². The number of aliphatic hydroxyl groups excluding tert-OH is 1. The minimum Gasteiger partial charge on any atom is -0.390 e.